The Balaban J connectivity index is -0.0000000560. The van der Waals surface area contributed by atoms with Crippen LogP contribution in [0.4, 0.5) is 0 Å². The molecule has 0 spiro atoms. The second kappa shape index (κ2) is 30.3. The van der Waals surface area contributed by atoms with Crippen molar-refractivity contribution in [2.24, 2.45) is 0 Å². The molecule has 0 aliphatic heterocycles. The van der Waals surface area contributed by atoms with Gasteiger partial charge in [-0.3, -0.25) is 0 Å². The predicted molar refractivity (Wildman–Crippen MR) is 47.0 cm³/mol. The molecule has 0 rings (SSSR count). The molecular weight excluding hydrogens is 192 g/mol. The first-order valence-electron chi connectivity index (χ1n) is 3.24. The molecule has 74 valence electrons. The van der Waals surface area contributed by atoms with E-state index in [9.17, 15) is 0 Å². The summed E-state index contributed by atoms with van der Waals surface area (Å²) in [5, 5.41) is 14.0. The quantitative estimate of drug-likeness (QED) is 0.415. The molecular formula is C8H19O3Ti-. The summed E-state index contributed by atoms with van der Waals surface area (Å²) in [6, 6.07) is 0. The molecule has 0 unspecified atom stereocenters. The molecule has 0 aromatic heterocycles. The van der Waals surface area contributed by atoms with Gasteiger partial charge in [0.1, 0.15) is 0 Å². The zero-order chi connectivity index (χ0) is 9.70. The minimum Gasteiger partial charge on any atom is -0.502 e. The molecule has 0 fully saturated rings. The SMILES string of the molecule is C=C(C)OCC[CH2-].CO.CO.[Ti]. The average Bonchev–Trinajstić information content (AvgIpc) is 2.08. The van der Waals surface area contributed by atoms with Crippen LogP contribution in [0.5, 0.6) is 0 Å². The van der Waals surface area contributed by atoms with Gasteiger partial charge in [0, 0.05) is 35.9 Å². The van der Waals surface area contributed by atoms with Crippen LogP contribution in [0, 0.1) is 6.92 Å². The van der Waals surface area contributed by atoms with E-state index in [0.717, 1.165) is 26.4 Å². The molecule has 4 heteroatoms. The van der Waals surface area contributed by atoms with Crippen LogP contribution in [0.15, 0.2) is 12.3 Å². The summed E-state index contributed by atoms with van der Waals surface area (Å²) in [4.78, 5) is 0. The van der Waals surface area contributed by atoms with E-state index in [2.05, 4.69) is 13.5 Å². The fourth-order valence-corrected chi connectivity index (χ4v) is 0.246. The van der Waals surface area contributed by atoms with Gasteiger partial charge in [-0.25, -0.2) is 0 Å². The minimum absolute atomic E-state index is 0. The van der Waals surface area contributed by atoms with Crippen LogP contribution in [0.25, 0.3) is 0 Å². The Morgan fingerprint density at radius 1 is 1.33 bits per heavy atom. The summed E-state index contributed by atoms with van der Waals surface area (Å²) in [6.07, 6.45) is 0.812. The van der Waals surface area contributed by atoms with E-state index in [1.165, 1.54) is 0 Å². The standard InChI is InChI=1S/C6H11O.2CH4O.Ti/c1-4-5-7-6(2)3;2*1-2;/h1-2,4-5H2,3H3;2*2H,1H3;/q-1;;;. The van der Waals surface area contributed by atoms with E-state index in [4.69, 9.17) is 14.9 Å². The molecule has 0 saturated heterocycles. The normalized spacial score (nSPS) is 5.83. The molecule has 0 aliphatic carbocycles. The van der Waals surface area contributed by atoms with Crippen LogP contribution in [-0.4, -0.2) is 31.0 Å². The van der Waals surface area contributed by atoms with Gasteiger partial charge in [0.15, 0.2) is 0 Å². The maximum Gasteiger partial charge on any atom is 0.0855 e. The molecule has 0 aromatic rings. The number of ether oxygens (including phenoxy) is 1. The number of aliphatic hydroxyl groups excluding tert-OH is 2. The summed E-state index contributed by atoms with van der Waals surface area (Å²) in [5.41, 5.74) is 0. The summed E-state index contributed by atoms with van der Waals surface area (Å²) < 4.78 is 4.93. The van der Waals surface area contributed by atoms with Crippen molar-refractivity contribution in [1.82, 2.24) is 0 Å². The van der Waals surface area contributed by atoms with Crippen molar-refractivity contribution in [3.05, 3.63) is 19.3 Å². The Morgan fingerprint density at radius 2 is 1.67 bits per heavy atom. The van der Waals surface area contributed by atoms with Gasteiger partial charge >= 0.3 is 0 Å². The third-order valence-corrected chi connectivity index (χ3v) is 0.493. The third-order valence-electron chi connectivity index (χ3n) is 0.493. The van der Waals surface area contributed by atoms with Crippen molar-refractivity contribution in [2.75, 3.05) is 20.8 Å². The van der Waals surface area contributed by atoms with Crippen LogP contribution >= 0.6 is 0 Å². The molecule has 0 atom stereocenters. The minimum atomic E-state index is 0. The Bertz CT molecular complexity index is 67.3. The second-order valence-electron chi connectivity index (χ2n) is 1.40. The first-order chi connectivity index (χ1) is 5.27. The van der Waals surface area contributed by atoms with Crippen LogP contribution in [0.2, 0.25) is 0 Å². The van der Waals surface area contributed by atoms with Crippen molar-refractivity contribution in [3.63, 3.8) is 0 Å². The molecule has 0 amide bonds. The third kappa shape index (κ3) is 49.1. The summed E-state index contributed by atoms with van der Waals surface area (Å²) >= 11 is 0. The van der Waals surface area contributed by atoms with Crippen molar-refractivity contribution in [3.8, 4) is 0 Å². The monoisotopic (exact) mass is 211 g/mol. The molecule has 0 radical (unpaired) electrons. The van der Waals surface area contributed by atoms with Gasteiger partial charge in [0.05, 0.1) is 12.4 Å². The first-order valence-corrected chi connectivity index (χ1v) is 3.24. The van der Waals surface area contributed by atoms with E-state index in [1.54, 1.807) is 0 Å². The zero-order valence-corrected chi connectivity index (χ0v) is 9.69. The van der Waals surface area contributed by atoms with Crippen molar-refractivity contribution in [1.29, 1.82) is 0 Å². The molecule has 0 heterocycles. The fraction of sp³-hybridized carbons (Fsp3) is 0.625. The largest absolute Gasteiger partial charge is 0.502 e. The molecule has 3 nitrogen and oxygen atoms in total. The van der Waals surface area contributed by atoms with Crippen molar-refractivity contribution >= 4 is 0 Å². The zero-order valence-electron chi connectivity index (χ0n) is 8.13. The number of rotatable bonds is 3. The summed E-state index contributed by atoms with van der Waals surface area (Å²) in [6.45, 7) is 9.65. The maximum atomic E-state index is 7.00. The summed E-state index contributed by atoms with van der Waals surface area (Å²) in [7, 11) is 2.00. The molecule has 0 bridgehead atoms. The van der Waals surface area contributed by atoms with E-state index in [1.807, 2.05) is 6.92 Å². The maximum absolute atomic E-state index is 7.00. The van der Waals surface area contributed by atoms with E-state index < -0.39 is 0 Å². The first kappa shape index (κ1) is 22.8. The van der Waals surface area contributed by atoms with Crippen LogP contribution in [0.3, 0.4) is 0 Å². The van der Waals surface area contributed by atoms with E-state index in [-0.39, 0.29) is 21.7 Å². The Kier molecular flexibility index (Phi) is 57.5. The topological polar surface area (TPSA) is 49.7 Å². The molecule has 2 N–H and O–H groups in total. The van der Waals surface area contributed by atoms with E-state index >= 15 is 0 Å². The second-order valence-corrected chi connectivity index (χ2v) is 1.40. The van der Waals surface area contributed by atoms with Gasteiger partial charge < -0.3 is 21.9 Å². The number of hydrogen-bond acceptors (Lipinski definition) is 3. The predicted octanol–water partition coefficient (Wildman–Crippen LogP) is 0.975. The molecule has 0 aliphatic rings. The van der Waals surface area contributed by atoms with Crippen molar-refractivity contribution < 1.29 is 36.7 Å². The summed E-state index contributed by atoms with van der Waals surface area (Å²) in [5.74, 6) is 0.767. The van der Waals surface area contributed by atoms with Gasteiger partial charge in [0.25, 0.3) is 0 Å². The van der Waals surface area contributed by atoms with Gasteiger partial charge in [-0.1, -0.05) is 6.58 Å². The van der Waals surface area contributed by atoms with Gasteiger partial charge in [-0.15, -0.1) is 6.42 Å². The number of aliphatic hydroxyl groups is 2. The van der Waals surface area contributed by atoms with Crippen LogP contribution in [0.1, 0.15) is 13.3 Å². The number of hydrogen-bond donors (Lipinski definition) is 2. The average molecular weight is 211 g/mol. The van der Waals surface area contributed by atoms with Crippen molar-refractivity contribution in [2.45, 2.75) is 13.3 Å². The molecule has 12 heavy (non-hydrogen) atoms. The van der Waals surface area contributed by atoms with Gasteiger partial charge in [-0.2, -0.15) is 0 Å². The Labute approximate surface area is 90.3 Å². The number of allylic oxidation sites excluding steroid dienone is 1. The molecule has 0 aromatic carbocycles. The fourth-order valence-electron chi connectivity index (χ4n) is 0.246. The Hall–Kier alpha value is 0.174. The van der Waals surface area contributed by atoms with Crippen LogP contribution in [-0.2, 0) is 26.5 Å². The smallest absolute Gasteiger partial charge is 0.0855 e. The van der Waals surface area contributed by atoms with Crippen LogP contribution < -0.4 is 0 Å². The van der Waals surface area contributed by atoms with Gasteiger partial charge in [-0.05, 0) is 6.92 Å². The van der Waals surface area contributed by atoms with Gasteiger partial charge in [0.2, 0.25) is 0 Å². The Morgan fingerprint density at radius 3 is 1.75 bits per heavy atom. The molecule has 0 saturated carbocycles. The van der Waals surface area contributed by atoms with E-state index in [0.29, 0.717) is 6.61 Å².